The molecule has 2 rings (SSSR count). The average Bonchev–Trinajstić information content (AvgIpc) is 2.53. The van der Waals surface area contributed by atoms with E-state index >= 15 is 0 Å². The van der Waals surface area contributed by atoms with Gasteiger partial charge in [-0.3, -0.25) is 4.79 Å². The third-order valence-corrected chi connectivity index (χ3v) is 3.20. The molecule has 0 aliphatic carbocycles. The summed E-state index contributed by atoms with van der Waals surface area (Å²) in [4.78, 5) is 14.0. The van der Waals surface area contributed by atoms with Crippen LogP contribution in [-0.2, 0) is 4.79 Å². The maximum atomic E-state index is 12.0. The third-order valence-electron chi connectivity index (χ3n) is 3.20. The highest BCUT2D eigenvalue weighted by molar-refractivity contribution is 6.02. The van der Waals surface area contributed by atoms with Crippen LogP contribution in [0.2, 0.25) is 0 Å². The van der Waals surface area contributed by atoms with Gasteiger partial charge in [-0.15, -0.1) is 0 Å². The number of amides is 1. The van der Waals surface area contributed by atoms with Gasteiger partial charge < -0.3 is 15.0 Å². The summed E-state index contributed by atoms with van der Waals surface area (Å²) in [5, 5.41) is 2.83. The van der Waals surface area contributed by atoms with E-state index < -0.39 is 0 Å². The van der Waals surface area contributed by atoms with Gasteiger partial charge in [-0.2, -0.15) is 0 Å². The fourth-order valence-electron chi connectivity index (χ4n) is 2.00. The van der Waals surface area contributed by atoms with Gasteiger partial charge in [-0.25, -0.2) is 0 Å². The lowest BCUT2D eigenvalue weighted by Crippen LogP contribution is -2.10. The Balaban J connectivity index is 2.02. The van der Waals surface area contributed by atoms with Gasteiger partial charge >= 0.3 is 0 Å². The number of carbonyl (C=O) groups is 1. The molecule has 4 nitrogen and oxygen atoms in total. The van der Waals surface area contributed by atoms with Crippen LogP contribution in [0.4, 0.5) is 11.4 Å². The van der Waals surface area contributed by atoms with E-state index in [1.807, 2.05) is 67.5 Å². The van der Waals surface area contributed by atoms with Crippen LogP contribution in [0.1, 0.15) is 5.56 Å². The molecule has 0 bridgehead atoms. The van der Waals surface area contributed by atoms with Crippen molar-refractivity contribution in [2.45, 2.75) is 0 Å². The fourth-order valence-corrected chi connectivity index (χ4v) is 2.00. The number of carbonyl (C=O) groups excluding carboxylic acids is 1. The lowest BCUT2D eigenvalue weighted by Gasteiger charge is -2.12. The maximum absolute atomic E-state index is 12.0. The molecule has 1 amide bonds. The van der Waals surface area contributed by atoms with Gasteiger partial charge in [0.05, 0.1) is 7.11 Å². The minimum Gasteiger partial charge on any atom is -0.496 e. The summed E-state index contributed by atoms with van der Waals surface area (Å²) in [6, 6.07) is 15.2. The molecule has 0 saturated carbocycles. The van der Waals surface area contributed by atoms with Gasteiger partial charge in [-0.05, 0) is 36.4 Å². The van der Waals surface area contributed by atoms with E-state index in [-0.39, 0.29) is 5.91 Å². The molecule has 0 aliphatic heterocycles. The van der Waals surface area contributed by atoms with Crippen LogP contribution < -0.4 is 15.0 Å². The van der Waals surface area contributed by atoms with Crippen molar-refractivity contribution in [3.8, 4) is 5.75 Å². The highest BCUT2D eigenvalue weighted by Gasteiger charge is 2.01. The van der Waals surface area contributed by atoms with Gasteiger partial charge in [-0.1, -0.05) is 18.2 Å². The van der Waals surface area contributed by atoms with E-state index in [2.05, 4.69) is 5.32 Å². The molecule has 0 fully saturated rings. The Morgan fingerprint density at radius 1 is 1.09 bits per heavy atom. The standard InChI is InChI=1S/C18H20N2O2/c1-20(2)16-11-9-15(10-12-16)19-18(21)13-8-14-6-4-5-7-17(14)22-3/h4-13H,1-3H3,(H,19,21)/b13-8+. The summed E-state index contributed by atoms with van der Waals surface area (Å²) in [5.74, 6) is 0.561. The average molecular weight is 296 g/mol. The summed E-state index contributed by atoms with van der Waals surface area (Å²) in [6.07, 6.45) is 3.24. The number of ether oxygens (including phenoxy) is 1. The molecule has 0 unspecified atom stereocenters. The van der Waals surface area contributed by atoms with Gasteiger partial charge in [0, 0.05) is 37.1 Å². The van der Waals surface area contributed by atoms with Crippen molar-refractivity contribution >= 4 is 23.4 Å². The number of nitrogens with zero attached hydrogens (tertiary/aromatic N) is 1. The van der Waals surface area contributed by atoms with Crippen molar-refractivity contribution in [3.63, 3.8) is 0 Å². The Morgan fingerprint density at radius 2 is 1.77 bits per heavy atom. The minimum atomic E-state index is -0.177. The lowest BCUT2D eigenvalue weighted by atomic mass is 10.2. The predicted molar refractivity (Wildman–Crippen MR) is 91.4 cm³/mol. The Labute approximate surface area is 131 Å². The minimum absolute atomic E-state index is 0.177. The molecule has 0 radical (unpaired) electrons. The van der Waals surface area contributed by atoms with Crippen molar-refractivity contribution in [1.29, 1.82) is 0 Å². The number of methoxy groups -OCH3 is 1. The van der Waals surface area contributed by atoms with Crippen LogP contribution in [-0.4, -0.2) is 27.1 Å². The fraction of sp³-hybridized carbons (Fsp3) is 0.167. The normalized spacial score (nSPS) is 10.5. The second-order valence-corrected chi connectivity index (χ2v) is 5.01. The van der Waals surface area contributed by atoms with E-state index in [1.165, 1.54) is 6.08 Å². The molecular formula is C18H20N2O2. The van der Waals surface area contributed by atoms with Gasteiger partial charge in [0.15, 0.2) is 0 Å². The summed E-state index contributed by atoms with van der Waals surface area (Å²) < 4.78 is 5.24. The largest absolute Gasteiger partial charge is 0.496 e. The molecule has 2 aromatic carbocycles. The number of hydrogen-bond donors (Lipinski definition) is 1. The smallest absolute Gasteiger partial charge is 0.248 e. The zero-order valence-corrected chi connectivity index (χ0v) is 13.0. The molecule has 1 N–H and O–H groups in total. The quantitative estimate of drug-likeness (QED) is 0.860. The van der Waals surface area contributed by atoms with E-state index in [0.717, 1.165) is 22.7 Å². The van der Waals surface area contributed by atoms with Crippen LogP contribution >= 0.6 is 0 Å². The summed E-state index contributed by atoms with van der Waals surface area (Å²) in [6.45, 7) is 0. The first-order valence-corrected chi connectivity index (χ1v) is 6.99. The van der Waals surface area contributed by atoms with Crippen molar-refractivity contribution in [2.75, 3.05) is 31.4 Å². The van der Waals surface area contributed by atoms with Crippen LogP contribution in [0, 0.1) is 0 Å². The van der Waals surface area contributed by atoms with Crippen LogP contribution in [0.25, 0.3) is 6.08 Å². The van der Waals surface area contributed by atoms with E-state index in [4.69, 9.17) is 4.74 Å². The number of rotatable bonds is 5. The topological polar surface area (TPSA) is 41.6 Å². The Kier molecular flexibility index (Phi) is 5.20. The third kappa shape index (κ3) is 4.12. The number of hydrogen-bond acceptors (Lipinski definition) is 3. The maximum Gasteiger partial charge on any atom is 0.248 e. The zero-order chi connectivity index (χ0) is 15.9. The SMILES string of the molecule is COc1ccccc1/C=C/C(=O)Nc1ccc(N(C)C)cc1. The molecule has 0 aromatic heterocycles. The molecule has 22 heavy (non-hydrogen) atoms. The first-order valence-electron chi connectivity index (χ1n) is 6.99. The summed E-state index contributed by atoms with van der Waals surface area (Å²) in [7, 11) is 5.56. The Bertz CT molecular complexity index is 661. The van der Waals surface area contributed by atoms with Crippen molar-refractivity contribution in [2.24, 2.45) is 0 Å². The molecular weight excluding hydrogens is 276 g/mol. The van der Waals surface area contributed by atoms with Gasteiger partial charge in [0.2, 0.25) is 5.91 Å². The second-order valence-electron chi connectivity index (χ2n) is 5.01. The zero-order valence-electron chi connectivity index (χ0n) is 13.0. The lowest BCUT2D eigenvalue weighted by molar-refractivity contribution is -0.111. The van der Waals surface area contributed by atoms with Gasteiger partial charge in [0.1, 0.15) is 5.75 Å². The summed E-state index contributed by atoms with van der Waals surface area (Å²) >= 11 is 0. The molecule has 2 aromatic rings. The highest BCUT2D eigenvalue weighted by Crippen LogP contribution is 2.19. The number of nitrogens with one attached hydrogen (secondary N) is 1. The molecule has 0 saturated heterocycles. The van der Waals surface area contributed by atoms with E-state index in [9.17, 15) is 4.79 Å². The van der Waals surface area contributed by atoms with Crippen molar-refractivity contribution in [3.05, 3.63) is 60.2 Å². The summed E-state index contributed by atoms with van der Waals surface area (Å²) in [5.41, 5.74) is 2.71. The number of anilines is 2. The molecule has 114 valence electrons. The van der Waals surface area contributed by atoms with Crippen molar-refractivity contribution < 1.29 is 9.53 Å². The first-order chi connectivity index (χ1) is 10.6. The van der Waals surface area contributed by atoms with Gasteiger partial charge in [0.25, 0.3) is 0 Å². The molecule has 0 atom stereocenters. The molecule has 4 heteroatoms. The molecule has 0 heterocycles. The Morgan fingerprint density at radius 3 is 2.41 bits per heavy atom. The monoisotopic (exact) mass is 296 g/mol. The van der Waals surface area contributed by atoms with Crippen LogP contribution in [0.15, 0.2) is 54.6 Å². The Hall–Kier alpha value is -2.75. The number of para-hydroxylation sites is 1. The van der Waals surface area contributed by atoms with E-state index in [0.29, 0.717) is 0 Å². The first kappa shape index (κ1) is 15.6. The second kappa shape index (κ2) is 7.31. The molecule has 0 spiro atoms. The van der Waals surface area contributed by atoms with Crippen molar-refractivity contribution in [1.82, 2.24) is 0 Å². The van der Waals surface area contributed by atoms with Crippen LogP contribution in [0.5, 0.6) is 5.75 Å². The number of benzene rings is 2. The van der Waals surface area contributed by atoms with Crippen LogP contribution in [0.3, 0.4) is 0 Å². The predicted octanol–water partition coefficient (Wildman–Crippen LogP) is 3.41. The van der Waals surface area contributed by atoms with E-state index in [1.54, 1.807) is 13.2 Å². The highest BCUT2D eigenvalue weighted by atomic mass is 16.5. The molecule has 0 aliphatic rings.